The Labute approximate surface area is 138 Å². The highest BCUT2D eigenvalue weighted by molar-refractivity contribution is 7.09. The van der Waals surface area contributed by atoms with Gasteiger partial charge in [0.2, 0.25) is 0 Å². The van der Waals surface area contributed by atoms with Gasteiger partial charge in [0, 0.05) is 9.47 Å². The van der Waals surface area contributed by atoms with Gasteiger partial charge in [-0.1, -0.05) is 45.3 Å². The van der Waals surface area contributed by atoms with E-state index in [1.54, 1.807) is 0 Å². The molecular weight excluding hydrogens is 295 g/mol. The van der Waals surface area contributed by atoms with Crippen LogP contribution in [0.2, 0.25) is 0 Å². The first-order valence-electron chi connectivity index (χ1n) is 9.00. The predicted molar refractivity (Wildman–Crippen MR) is 95.6 cm³/mol. The Morgan fingerprint density at radius 1 is 1.09 bits per heavy atom. The van der Waals surface area contributed by atoms with Crippen LogP contribution in [0.5, 0.6) is 0 Å². The second-order valence-electron chi connectivity index (χ2n) is 6.67. The molecule has 0 aliphatic heterocycles. The van der Waals surface area contributed by atoms with Gasteiger partial charge in [0.05, 0.1) is 18.3 Å². The van der Waals surface area contributed by atoms with Crippen molar-refractivity contribution in [2.45, 2.75) is 89.9 Å². The van der Waals surface area contributed by atoms with Crippen molar-refractivity contribution in [3.63, 3.8) is 0 Å². The number of rotatable bonds is 11. The average molecular weight is 330 g/mol. The number of aliphatic hydroxyl groups is 2. The largest absolute Gasteiger partial charge is 0.393 e. The van der Waals surface area contributed by atoms with Crippen molar-refractivity contribution in [2.75, 3.05) is 0 Å². The fourth-order valence-corrected chi connectivity index (χ4v) is 3.85. The molecule has 130 valence electrons. The number of aliphatic hydroxyl groups excluding tert-OH is 2. The SMILES string of the molecule is CCCC/C=C\C[C@@H]1[C@@H](CC[C@@H](CCC)OP)[C@H](O)C[C@@H]1O. The molecule has 1 aliphatic carbocycles. The van der Waals surface area contributed by atoms with Crippen LogP contribution in [-0.2, 0) is 4.52 Å². The molecule has 0 aromatic rings. The zero-order valence-corrected chi connectivity index (χ0v) is 15.4. The molecule has 0 bridgehead atoms. The first-order chi connectivity index (χ1) is 10.6. The lowest BCUT2D eigenvalue weighted by atomic mass is 9.86. The Bertz CT molecular complexity index is 309. The van der Waals surface area contributed by atoms with E-state index in [1.807, 2.05) is 0 Å². The Kier molecular flexibility index (Phi) is 10.6. The molecule has 0 aromatic carbocycles. The molecule has 0 saturated heterocycles. The van der Waals surface area contributed by atoms with Gasteiger partial charge in [0.1, 0.15) is 0 Å². The standard InChI is InChI=1S/C18H35O3P/c1-3-5-6-7-8-10-15-16(18(20)13-17(15)19)12-11-14(21-22)9-4-2/h7-8,14-20H,3-6,9-13,22H2,1-2H3/b8-7-/t14-,15-,16-,17+,18-/m1/s1. The maximum absolute atomic E-state index is 10.3. The highest BCUT2D eigenvalue weighted by Crippen LogP contribution is 2.38. The molecule has 1 rings (SSSR count). The monoisotopic (exact) mass is 330 g/mol. The van der Waals surface area contributed by atoms with Gasteiger partial charge in [-0.25, -0.2) is 0 Å². The van der Waals surface area contributed by atoms with Gasteiger partial charge in [0.25, 0.3) is 0 Å². The summed E-state index contributed by atoms with van der Waals surface area (Å²) in [4.78, 5) is 0. The third-order valence-corrected chi connectivity index (χ3v) is 5.33. The molecule has 0 spiro atoms. The van der Waals surface area contributed by atoms with Gasteiger partial charge < -0.3 is 14.7 Å². The second kappa shape index (κ2) is 11.6. The Hall–Kier alpha value is 0.0500. The van der Waals surface area contributed by atoms with Crippen molar-refractivity contribution in [2.24, 2.45) is 11.8 Å². The minimum absolute atomic E-state index is 0.194. The zero-order chi connectivity index (χ0) is 16.4. The Morgan fingerprint density at radius 3 is 2.45 bits per heavy atom. The second-order valence-corrected chi connectivity index (χ2v) is 6.94. The van der Waals surface area contributed by atoms with E-state index in [-0.39, 0.29) is 30.1 Å². The van der Waals surface area contributed by atoms with E-state index in [0.717, 1.165) is 38.5 Å². The Morgan fingerprint density at radius 2 is 1.82 bits per heavy atom. The molecule has 0 heterocycles. The third kappa shape index (κ3) is 6.66. The molecule has 3 nitrogen and oxygen atoms in total. The van der Waals surface area contributed by atoms with Crippen LogP contribution in [-0.4, -0.2) is 28.5 Å². The van der Waals surface area contributed by atoms with Crippen LogP contribution in [0.1, 0.15) is 71.6 Å². The van der Waals surface area contributed by atoms with Crippen molar-refractivity contribution >= 4 is 9.47 Å². The van der Waals surface area contributed by atoms with Crippen LogP contribution < -0.4 is 0 Å². The van der Waals surface area contributed by atoms with Crippen LogP contribution in [0.15, 0.2) is 12.2 Å². The summed E-state index contributed by atoms with van der Waals surface area (Å²) >= 11 is 0. The molecule has 6 atom stereocenters. The molecule has 0 radical (unpaired) electrons. The normalized spacial score (nSPS) is 30.2. The highest BCUT2D eigenvalue weighted by atomic mass is 31.0. The zero-order valence-electron chi connectivity index (χ0n) is 14.3. The summed E-state index contributed by atoms with van der Waals surface area (Å²) in [7, 11) is 2.37. The molecule has 1 saturated carbocycles. The quantitative estimate of drug-likeness (QED) is 0.338. The van der Waals surface area contributed by atoms with Gasteiger partial charge in [-0.2, -0.15) is 0 Å². The number of hydrogen-bond acceptors (Lipinski definition) is 3. The molecule has 4 heteroatoms. The Balaban J connectivity index is 2.47. The predicted octanol–water partition coefficient (Wildman–Crippen LogP) is 4.24. The minimum atomic E-state index is -0.365. The van der Waals surface area contributed by atoms with Crippen LogP contribution >= 0.6 is 9.47 Å². The van der Waals surface area contributed by atoms with E-state index >= 15 is 0 Å². The van der Waals surface area contributed by atoms with Gasteiger partial charge in [-0.05, 0) is 50.4 Å². The van der Waals surface area contributed by atoms with Crippen LogP contribution in [0.25, 0.3) is 0 Å². The first kappa shape index (κ1) is 20.1. The van der Waals surface area contributed by atoms with E-state index in [1.165, 1.54) is 12.8 Å². The third-order valence-electron chi connectivity index (χ3n) is 4.95. The van der Waals surface area contributed by atoms with Gasteiger partial charge >= 0.3 is 0 Å². The summed E-state index contributed by atoms with van der Waals surface area (Å²) in [6.45, 7) is 4.36. The van der Waals surface area contributed by atoms with E-state index in [2.05, 4.69) is 35.5 Å². The van der Waals surface area contributed by atoms with E-state index in [4.69, 9.17) is 4.52 Å². The topological polar surface area (TPSA) is 49.7 Å². The van der Waals surface area contributed by atoms with Crippen LogP contribution in [0.4, 0.5) is 0 Å². The van der Waals surface area contributed by atoms with Crippen molar-refractivity contribution < 1.29 is 14.7 Å². The minimum Gasteiger partial charge on any atom is -0.393 e. The van der Waals surface area contributed by atoms with Crippen molar-refractivity contribution in [1.82, 2.24) is 0 Å². The van der Waals surface area contributed by atoms with Gasteiger partial charge in [0.15, 0.2) is 0 Å². The summed E-state index contributed by atoms with van der Waals surface area (Å²) in [5.74, 6) is 0.394. The molecule has 22 heavy (non-hydrogen) atoms. The van der Waals surface area contributed by atoms with E-state index in [9.17, 15) is 10.2 Å². The number of unbranched alkanes of at least 4 members (excludes halogenated alkanes) is 2. The molecule has 2 N–H and O–H groups in total. The van der Waals surface area contributed by atoms with Crippen LogP contribution in [0, 0.1) is 11.8 Å². The molecular formula is C18H35O3P. The molecule has 0 amide bonds. The first-order valence-corrected chi connectivity index (χ1v) is 9.47. The summed E-state index contributed by atoms with van der Waals surface area (Å²) in [6.07, 6.45) is 13.0. The molecule has 0 aromatic heterocycles. The van der Waals surface area contributed by atoms with Crippen molar-refractivity contribution in [3.8, 4) is 0 Å². The fraction of sp³-hybridized carbons (Fsp3) is 0.889. The average Bonchev–Trinajstić information content (AvgIpc) is 2.77. The summed E-state index contributed by atoms with van der Waals surface area (Å²) in [6, 6.07) is 0. The maximum atomic E-state index is 10.3. The van der Waals surface area contributed by atoms with Gasteiger partial charge in [-0.3, -0.25) is 0 Å². The molecule has 1 aliphatic rings. The summed E-state index contributed by atoms with van der Waals surface area (Å²) < 4.78 is 5.43. The number of hydrogen-bond donors (Lipinski definition) is 2. The maximum Gasteiger partial charge on any atom is 0.0610 e. The van der Waals surface area contributed by atoms with Gasteiger partial charge in [-0.15, -0.1) is 0 Å². The molecule has 1 fully saturated rings. The smallest absolute Gasteiger partial charge is 0.0610 e. The lowest BCUT2D eigenvalue weighted by Crippen LogP contribution is -2.23. The van der Waals surface area contributed by atoms with Crippen molar-refractivity contribution in [3.05, 3.63) is 12.2 Å². The summed E-state index contributed by atoms with van der Waals surface area (Å²) in [5.41, 5.74) is 0. The van der Waals surface area contributed by atoms with Crippen molar-refractivity contribution in [1.29, 1.82) is 0 Å². The lowest BCUT2D eigenvalue weighted by molar-refractivity contribution is 0.0955. The fourth-order valence-electron chi connectivity index (χ4n) is 3.58. The van der Waals surface area contributed by atoms with E-state index < -0.39 is 0 Å². The lowest BCUT2D eigenvalue weighted by Gasteiger charge is -2.24. The summed E-state index contributed by atoms with van der Waals surface area (Å²) in [5, 5.41) is 20.5. The highest BCUT2D eigenvalue weighted by Gasteiger charge is 2.40. The van der Waals surface area contributed by atoms with Crippen LogP contribution in [0.3, 0.4) is 0 Å². The van der Waals surface area contributed by atoms with E-state index in [0.29, 0.717) is 6.42 Å². The molecule has 1 unspecified atom stereocenters. The number of allylic oxidation sites excluding steroid dienone is 2.